The number of nitrogens with zero attached hydrogens (tertiary/aromatic N) is 1. The molecule has 2 rings (SSSR count). The summed E-state index contributed by atoms with van der Waals surface area (Å²) in [6, 6.07) is 6.21. The van der Waals surface area contributed by atoms with Gasteiger partial charge >= 0.3 is 0 Å². The van der Waals surface area contributed by atoms with E-state index in [4.69, 9.17) is 9.47 Å². The molecule has 0 spiro atoms. The van der Waals surface area contributed by atoms with Gasteiger partial charge < -0.3 is 20.1 Å². The van der Waals surface area contributed by atoms with E-state index in [2.05, 4.69) is 34.7 Å². The number of hydrogen-bond donors (Lipinski definition) is 2. The molecule has 1 aromatic carbocycles. The fourth-order valence-corrected chi connectivity index (χ4v) is 3.22. The molecule has 1 aromatic rings. The van der Waals surface area contributed by atoms with E-state index in [1.54, 1.807) is 14.2 Å². The monoisotopic (exact) mass is 475 g/mol. The maximum Gasteiger partial charge on any atom is 0.191 e. The summed E-state index contributed by atoms with van der Waals surface area (Å²) in [4.78, 5) is 4.28. The maximum absolute atomic E-state index is 5.95. The van der Waals surface area contributed by atoms with Gasteiger partial charge in [0.1, 0.15) is 5.75 Å². The lowest BCUT2D eigenvalue weighted by molar-refractivity contribution is 0.0277. The smallest absolute Gasteiger partial charge is 0.191 e. The largest absolute Gasteiger partial charge is 0.496 e. The molecule has 1 aliphatic carbocycles. The van der Waals surface area contributed by atoms with Crippen LogP contribution in [0.25, 0.3) is 0 Å². The number of nitrogens with one attached hydrogen (secondary N) is 2. The van der Waals surface area contributed by atoms with Gasteiger partial charge in [-0.1, -0.05) is 31.4 Å². The van der Waals surface area contributed by atoms with Crippen molar-refractivity contribution < 1.29 is 9.47 Å². The van der Waals surface area contributed by atoms with Gasteiger partial charge in [-0.3, -0.25) is 4.99 Å². The van der Waals surface area contributed by atoms with Gasteiger partial charge in [-0.15, -0.1) is 24.0 Å². The second-order valence-electron chi connectivity index (χ2n) is 6.64. The minimum atomic E-state index is 0. The molecule has 1 fully saturated rings. The number of guanidine groups is 1. The Morgan fingerprint density at radius 2 is 1.96 bits per heavy atom. The number of rotatable bonds is 8. The zero-order chi connectivity index (χ0) is 17.9. The van der Waals surface area contributed by atoms with Crippen LogP contribution >= 0.6 is 24.0 Å². The Morgan fingerprint density at radius 3 is 2.62 bits per heavy atom. The summed E-state index contributed by atoms with van der Waals surface area (Å²) < 4.78 is 11.2. The van der Waals surface area contributed by atoms with Crippen LogP contribution in [0.4, 0.5) is 0 Å². The van der Waals surface area contributed by atoms with Crippen LogP contribution in [0.2, 0.25) is 0 Å². The fraction of sp³-hybridized carbons (Fsp3) is 0.650. The highest BCUT2D eigenvalue weighted by Gasteiger charge is 2.12. The highest BCUT2D eigenvalue weighted by Crippen LogP contribution is 2.20. The van der Waals surface area contributed by atoms with Crippen molar-refractivity contribution in [3.8, 4) is 5.75 Å². The van der Waals surface area contributed by atoms with Crippen LogP contribution in [0.1, 0.15) is 49.7 Å². The van der Waals surface area contributed by atoms with Gasteiger partial charge in [-0.05, 0) is 43.4 Å². The van der Waals surface area contributed by atoms with E-state index < -0.39 is 0 Å². The quantitative estimate of drug-likeness (QED) is 0.258. The zero-order valence-corrected chi connectivity index (χ0v) is 18.7. The van der Waals surface area contributed by atoms with Crippen LogP contribution in [-0.2, 0) is 11.3 Å². The molecule has 26 heavy (non-hydrogen) atoms. The predicted octanol–water partition coefficient (Wildman–Crippen LogP) is 4.03. The molecule has 0 bridgehead atoms. The van der Waals surface area contributed by atoms with Gasteiger partial charge in [-0.2, -0.15) is 0 Å². The standard InChI is InChI=1S/C20H33N3O2.HI/c1-16-14-17(10-11-19(16)24-3)15-23-20(21-2)22-12-7-13-25-18-8-5-4-6-9-18;/h10-11,14,18H,4-9,12-13,15H2,1-3H3,(H2,21,22,23);1H. The third kappa shape index (κ3) is 8.12. The Morgan fingerprint density at radius 1 is 1.19 bits per heavy atom. The number of ether oxygens (including phenoxy) is 2. The van der Waals surface area contributed by atoms with E-state index in [-0.39, 0.29) is 24.0 Å². The SMILES string of the molecule is CN=C(NCCCOC1CCCCC1)NCc1ccc(OC)c(C)c1.I. The van der Waals surface area contributed by atoms with Gasteiger partial charge in [0, 0.05) is 26.7 Å². The summed E-state index contributed by atoms with van der Waals surface area (Å²) in [5.74, 6) is 1.75. The van der Waals surface area contributed by atoms with Gasteiger partial charge in [0.05, 0.1) is 13.2 Å². The minimum Gasteiger partial charge on any atom is -0.496 e. The summed E-state index contributed by atoms with van der Waals surface area (Å²) in [5.41, 5.74) is 2.35. The number of hydrogen-bond acceptors (Lipinski definition) is 3. The molecule has 0 saturated heterocycles. The van der Waals surface area contributed by atoms with Gasteiger partial charge in [0.2, 0.25) is 0 Å². The minimum absolute atomic E-state index is 0. The molecule has 0 aliphatic heterocycles. The van der Waals surface area contributed by atoms with Crippen molar-refractivity contribution in [1.29, 1.82) is 0 Å². The van der Waals surface area contributed by atoms with E-state index in [1.165, 1.54) is 37.7 Å². The molecule has 0 radical (unpaired) electrons. The lowest BCUT2D eigenvalue weighted by atomic mass is 9.98. The van der Waals surface area contributed by atoms with Crippen LogP contribution in [0.15, 0.2) is 23.2 Å². The third-order valence-corrected chi connectivity index (χ3v) is 4.66. The first-order chi connectivity index (χ1) is 12.2. The summed E-state index contributed by atoms with van der Waals surface area (Å²) in [7, 11) is 3.50. The number of halogens is 1. The average Bonchev–Trinajstić information content (AvgIpc) is 2.65. The Labute approximate surface area is 175 Å². The fourth-order valence-electron chi connectivity index (χ4n) is 3.22. The van der Waals surface area contributed by atoms with E-state index in [9.17, 15) is 0 Å². The molecule has 1 saturated carbocycles. The van der Waals surface area contributed by atoms with E-state index in [0.717, 1.165) is 43.4 Å². The van der Waals surface area contributed by atoms with E-state index in [1.807, 2.05) is 6.07 Å². The van der Waals surface area contributed by atoms with Crippen LogP contribution in [0.3, 0.4) is 0 Å². The molecule has 2 N–H and O–H groups in total. The average molecular weight is 475 g/mol. The van der Waals surface area contributed by atoms with Crippen molar-refractivity contribution in [2.75, 3.05) is 27.3 Å². The van der Waals surface area contributed by atoms with E-state index >= 15 is 0 Å². The first-order valence-electron chi connectivity index (χ1n) is 9.42. The molecule has 0 unspecified atom stereocenters. The molecule has 6 heteroatoms. The third-order valence-electron chi connectivity index (χ3n) is 4.66. The molecule has 1 aliphatic rings. The molecule has 5 nitrogen and oxygen atoms in total. The predicted molar refractivity (Wildman–Crippen MR) is 119 cm³/mol. The van der Waals surface area contributed by atoms with Gasteiger partial charge in [0.25, 0.3) is 0 Å². The van der Waals surface area contributed by atoms with E-state index in [0.29, 0.717) is 6.10 Å². The Hall–Kier alpha value is -1.02. The first-order valence-corrected chi connectivity index (χ1v) is 9.42. The Bertz CT molecular complexity index is 546. The van der Waals surface area contributed by atoms with Crippen LogP contribution in [0.5, 0.6) is 5.75 Å². The topological polar surface area (TPSA) is 54.9 Å². The summed E-state index contributed by atoms with van der Waals surface area (Å²) in [5, 5.41) is 6.70. The van der Waals surface area contributed by atoms with Crippen molar-refractivity contribution in [1.82, 2.24) is 10.6 Å². The summed E-state index contributed by atoms with van der Waals surface area (Å²) in [6.45, 7) is 4.49. The Kier molecular flexibility index (Phi) is 11.7. The van der Waals surface area contributed by atoms with Crippen LogP contribution in [-0.4, -0.2) is 39.4 Å². The summed E-state index contributed by atoms with van der Waals surface area (Å²) >= 11 is 0. The van der Waals surface area contributed by atoms with Gasteiger partial charge in [-0.25, -0.2) is 0 Å². The van der Waals surface area contributed by atoms with Crippen LogP contribution in [0, 0.1) is 6.92 Å². The normalized spacial score (nSPS) is 15.3. The lowest BCUT2D eigenvalue weighted by Gasteiger charge is -2.22. The molecule has 148 valence electrons. The second kappa shape index (κ2) is 13.2. The molecular weight excluding hydrogens is 441 g/mol. The number of aliphatic imine (C=N–C) groups is 1. The Balaban J connectivity index is 0.00000338. The van der Waals surface area contributed by atoms with Crippen molar-refractivity contribution >= 4 is 29.9 Å². The lowest BCUT2D eigenvalue weighted by Crippen LogP contribution is -2.37. The second-order valence-corrected chi connectivity index (χ2v) is 6.64. The van der Waals surface area contributed by atoms with Crippen molar-refractivity contribution in [2.24, 2.45) is 4.99 Å². The van der Waals surface area contributed by atoms with Crippen LogP contribution < -0.4 is 15.4 Å². The van der Waals surface area contributed by atoms with Crippen molar-refractivity contribution in [2.45, 2.75) is 58.1 Å². The van der Waals surface area contributed by atoms with Crippen molar-refractivity contribution in [3.05, 3.63) is 29.3 Å². The van der Waals surface area contributed by atoms with Gasteiger partial charge in [0.15, 0.2) is 5.96 Å². The van der Waals surface area contributed by atoms with Crippen molar-refractivity contribution in [3.63, 3.8) is 0 Å². The highest BCUT2D eigenvalue weighted by atomic mass is 127. The summed E-state index contributed by atoms with van der Waals surface area (Å²) in [6.07, 6.45) is 7.98. The first kappa shape index (κ1) is 23.0. The molecule has 0 amide bonds. The highest BCUT2D eigenvalue weighted by molar-refractivity contribution is 14.0. The zero-order valence-electron chi connectivity index (χ0n) is 16.3. The molecule has 0 aromatic heterocycles. The maximum atomic E-state index is 5.95. The number of aryl methyl sites for hydroxylation is 1. The molecular formula is C20H34IN3O2. The molecule has 0 atom stereocenters. The number of methoxy groups -OCH3 is 1. The number of benzene rings is 1. The molecule has 0 heterocycles.